The molecule has 0 radical (unpaired) electrons. The van der Waals surface area contributed by atoms with E-state index in [1.807, 2.05) is 0 Å². The van der Waals surface area contributed by atoms with Crippen molar-refractivity contribution in [1.29, 1.82) is 0 Å². The molecule has 3 N–H and O–H groups in total. The van der Waals surface area contributed by atoms with Crippen LogP contribution in [0.25, 0.3) is 0 Å². The van der Waals surface area contributed by atoms with Crippen LogP contribution in [-0.4, -0.2) is 47.6 Å². The lowest BCUT2D eigenvalue weighted by Gasteiger charge is -2.14. The van der Waals surface area contributed by atoms with E-state index in [1.165, 1.54) is 0 Å². The first-order valence-corrected chi connectivity index (χ1v) is 6.47. The third-order valence-corrected chi connectivity index (χ3v) is 2.84. The first-order chi connectivity index (χ1) is 10.2. The standard InChI is InChI=1S/C14H23N3O4/c1-18-6-5-16-14(15)17-9-11-12(20-3)7-10(19-2)8-13(11)21-4/h7-8H,5-6,9H2,1-4H3,(H3,15,16,17). The number of nitrogens with one attached hydrogen (secondary N) is 1. The summed E-state index contributed by atoms with van der Waals surface area (Å²) in [6.07, 6.45) is 0. The molecule has 0 aliphatic heterocycles. The van der Waals surface area contributed by atoms with E-state index < -0.39 is 0 Å². The number of nitrogens with two attached hydrogens (primary N) is 1. The molecule has 0 aliphatic carbocycles. The molecule has 0 amide bonds. The number of benzene rings is 1. The number of nitrogens with zero attached hydrogens (tertiary/aromatic N) is 1. The molecule has 0 aliphatic rings. The van der Waals surface area contributed by atoms with Crippen LogP contribution in [0.15, 0.2) is 17.1 Å². The Morgan fingerprint density at radius 2 is 1.71 bits per heavy atom. The maximum absolute atomic E-state index is 5.78. The van der Waals surface area contributed by atoms with E-state index in [1.54, 1.807) is 40.6 Å². The smallest absolute Gasteiger partial charge is 0.189 e. The molecule has 0 bridgehead atoms. The van der Waals surface area contributed by atoms with Gasteiger partial charge in [0.05, 0.1) is 40.0 Å². The molecule has 0 saturated heterocycles. The van der Waals surface area contributed by atoms with Gasteiger partial charge in [-0.25, -0.2) is 4.99 Å². The van der Waals surface area contributed by atoms with Crippen molar-refractivity contribution in [2.45, 2.75) is 6.54 Å². The maximum Gasteiger partial charge on any atom is 0.189 e. The van der Waals surface area contributed by atoms with Gasteiger partial charge in [0.25, 0.3) is 0 Å². The van der Waals surface area contributed by atoms with Crippen molar-refractivity contribution >= 4 is 5.96 Å². The molecule has 21 heavy (non-hydrogen) atoms. The lowest BCUT2D eigenvalue weighted by molar-refractivity contribution is 0.204. The Morgan fingerprint density at radius 1 is 1.10 bits per heavy atom. The van der Waals surface area contributed by atoms with Crippen molar-refractivity contribution < 1.29 is 18.9 Å². The molecular formula is C14H23N3O4. The fraction of sp³-hybridized carbons (Fsp3) is 0.500. The quantitative estimate of drug-likeness (QED) is 0.418. The molecule has 1 aromatic rings. The SMILES string of the molecule is COCCNC(N)=NCc1c(OC)cc(OC)cc1OC. The average Bonchev–Trinajstić information content (AvgIpc) is 2.52. The number of ether oxygens (including phenoxy) is 4. The van der Waals surface area contributed by atoms with Crippen molar-refractivity contribution in [3.63, 3.8) is 0 Å². The molecule has 0 fully saturated rings. The molecule has 7 heteroatoms. The van der Waals surface area contributed by atoms with Crippen molar-refractivity contribution in [2.75, 3.05) is 41.6 Å². The summed E-state index contributed by atoms with van der Waals surface area (Å²) < 4.78 is 20.8. The lowest BCUT2D eigenvalue weighted by atomic mass is 10.1. The summed E-state index contributed by atoms with van der Waals surface area (Å²) in [6.45, 7) is 1.50. The molecule has 0 atom stereocenters. The number of methoxy groups -OCH3 is 4. The van der Waals surface area contributed by atoms with Gasteiger partial charge in [-0.1, -0.05) is 0 Å². The predicted molar refractivity (Wildman–Crippen MR) is 81.3 cm³/mol. The number of hydrogen-bond acceptors (Lipinski definition) is 5. The van der Waals surface area contributed by atoms with Gasteiger partial charge in [0, 0.05) is 25.8 Å². The number of guanidine groups is 1. The minimum atomic E-state index is 0.335. The zero-order valence-electron chi connectivity index (χ0n) is 12.9. The number of rotatable bonds is 8. The van der Waals surface area contributed by atoms with Gasteiger partial charge in [0.2, 0.25) is 0 Å². The maximum atomic E-state index is 5.78. The summed E-state index contributed by atoms with van der Waals surface area (Å²) in [5, 5.41) is 2.95. The minimum Gasteiger partial charge on any atom is -0.496 e. The fourth-order valence-corrected chi connectivity index (χ4v) is 1.73. The summed E-state index contributed by atoms with van der Waals surface area (Å²) >= 11 is 0. The zero-order valence-corrected chi connectivity index (χ0v) is 12.9. The van der Waals surface area contributed by atoms with Crippen LogP contribution in [0.5, 0.6) is 17.2 Å². The fourth-order valence-electron chi connectivity index (χ4n) is 1.73. The van der Waals surface area contributed by atoms with Gasteiger partial charge in [-0.2, -0.15) is 0 Å². The van der Waals surface area contributed by atoms with Crippen LogP contribution in [0.2, 0.25) is 0 Å². The van der Waals surface area contributed by atoms with Crippen molar-refractivity contribution in [3.05, 3.63) is 17.7 Å². The van der Waals surface area contributed by atoms with Gasteiger partial charge in [0.1, 0.15) is 17.2 Å². The third kappa shape index (κ3) is 5.03. The Kier molecular flexibility index (Phi) is 7.17. The van der Waals surface area contributed by atoms with Crippen LogP contribution >= 0.6 is 0 Å². The highest BCUT2D eigenvalue weighted by atomic mass is 16.5. The monoisotopic (exact) mass is 297 g/mol. The highest BCUT2D eigenvalue weighted by Gasteiger charge is 2.12. The zero-order chi connectivity index (χ0) is 15.7. The van der Waals surface area contributed by atoms with Crippen molar-refractivity contribution in [3.8, 4) is 17.2 Å². The highest BCUT2D eigenvalue weighted by molar-refractivity contribution is 5.77. The predicted octanol–water partition coefficient (Wildman–Crippen LogP) is 0.763. The molecule has 118 valence electrons. The Balaban J connectivity index is 2.88. The summed E-state index contributed by atoms with van der Waals surface area (Å²) in [7, 11) is 6.38. The lowest BCUT2D eigenvalue weighted by Crippen LogP contribution is -2.34. The second-order valence-corrected chi connectivity index (χ2v) is 4.13. The average molecular weight is 297 g/mol. The van der Waals surface area contributed by atoms with Crippen LogP contribution in [0.4, 0.5) is 0 Å². The Hall–Kier alpha value is -2.15. The van der Waals surface area contributed by atoms with E-state index in [0.717, 1.165) is 5.56 Å². The Labute approximate surface area is 125 Å². The molecule has 7 nitrogen and oxygen atoms in total. The summed E-state index contributed by atoms with van der Waals surface area (Å²) in [6, 6.07) is 3.56. The molecule has 0 heterocycles. The summed E-state index contributed by atoms with van der Waals surface area (Å²) in [4.78, 5) is 4.27. The van der Waals surface area contributed by atoms with E-state index in [4.69, 9.17) is 24.7 Å². The molecule has 0 spiro atoms. The van der Waals surface area contributed by atoms with Crippen LogP contribution in [-0.2, 0) is 11.3 Å². The van der Waals surface area contributed by atoms with Gasteiger partial charge >= 0.3 is 0 Å². The molecule has 0 saturated carbocycles. The second-order valence-electron chi connectivity index (χ2n) is 4.13. The van der Waals surface area contributed by atoms with Gasteiger partial charge in [-0.05, 0) is 0 Å². The topological polar surface area (TPSA) is 87.3 Å². The van der Waals surface area contributed by atoms with Crippen LogP contribution in [0.1, 0.15) is 5.56 Å². The van der Waals surface area contributed by atoms with Crippen LogP contribution in [0, 0.1) is 0 Å². The van der Waals surface area contributed by atoms with Gasteiger partial charge in [0.15, 0.2) is 5.96 Å². The largest absolute Gasteiger partial charge is 0.496 e. The van der Waals surface area contributed by atoms with Gasteiger partial charge < -0.3 is 30.0 Å². The number of aliphatic imine (C=N–C) groups is 1. The van der Waals surface area contributed by atoms with E-state index in [0.29, 0.717) is 42.9 Å². The Morgan fingerprint density at radius 3 is 2.19 bits per heavy atom. The first-order valence-electron chi connectivity index (χ1n) is 6.47. The van der Waals surface area contributed by atoms with Crippen molar-refractivity contribution in [1.82, 2.24) is 5.32 Å². The van der Waals surface area contributed by atoms with Crippen molar-refractivity contribution in [2.24, 2.45) is 10.7 Å². The molecule has 1 rings (SSSR count). The molecular weight excluding hydrogens is 274 g/mol. The van der Waals surface area contributed by atoms with E-state index in [9.17, 15) is 0 Å². The molecule has 0 aromatic heterocycles. The van der Waals surface area contributed by atoms with Crippen LogP contribution < -0.4 is 25.3 Å². The van der Waals surface area contributed by atoms with Crippen LogP contribution in [0.3, 0.4) is 0 Å². The van der Waals surface area contributed by atoms with E-state index >= 15 is 0 Å². The highest BCUT2D eigenvalue weighted by Crippen LogP contribution is 2.34. The molecule has 0 unspecified atom stereocenters. The minimum absolute atomic E-state index is 0.335. The third-order valence-electron chi connectivity index (χ3n) is 2.84. The number of hydrogen-bond donors (Lipinski definition) is 2. The second kappa shape index (κ2) is 8.91. The van der Waals surface area contributed by atoms with Gasteiger partial charge in [-0.15, -0.1) is 0 Å². The summed E-state index contributed by atoms with van der Waals surface area (Å²) in [5.41, 5.74) is 6.58. The normalized spacial score (nSPS) is 11.1. The summed E-state index contributed by atoms with van der Waals surface area (Å²) in [5.74, 6) is 2.27. The molecule has 1 aromatic carbocycles. The first kappa shape index (κ1) is 16.9. The Bertz CT molecular complexity index is 452. The van der Waals surface area contributed by atoms with E-state index in [-0.39, 0.29) is 0 Å². The van der Waals surface area contributed by atoms with E-state index in [2.05, 4.69) is 10.3 Å². The van der Waals surface area contributed by atoms with Gasteiger partial charge in [-0.3, -0.25) is 0 Å².